The number of hydrogen-bond donors (Lipinski definition) is 1. The van der Waals surface area contributed by atoms with Gasteiger partial charge in [-0.05, 0) is 31.2 Å². The van der Waals surface area contributed by atoms with Gasteiger partial charge in [-0.1, -0.05) is 0 Å². The van der Waals surface area contributed by atoms with Crippen LogP contribution in [0.25, 0.3) is 0 Å². The van der Waals surface area contributed by atoms with Gasteiger partial charge in [0.1, 0.15) is 11.6 Å². The van der Waals surface area contributed by atoms with E-state index in [9.17, 15) is 9.18 Å². The highest BCUT2D eigenvalue weighted by atomic mass is 19.1. The van der Waals surface area contributed by atoms with Crippen molar-refractivity contribution in [2.45, 2.75) is 13.0 Å². The first-order chi connectivity index (χ1) is 8.60. The minimum absolute atomic E-state index is 0.107. The van der Waals surface area contributed by atoms with Gasteiger partial charge in [-0.2, -0.15) is 0 Å². The van der Waals surface area contributed by atoms with Gasteiger partial charge in [0.15, 0.2) is 6.10 Å². The van der Waals surface area contributed by atoms with E-state index in [-0.39, 0.29) is 24.2 Å². The van der Waals surface area contributed by atoms with E-state index in [0.717, 1.165) is 0 Å². The molecule has 0 aromatic heterocycles. The van der Waals surface area contributed by atoms with Crippen LogP contribution in [0.2, 0.25) is 0 Å². The van der Waals surface area contributed by atoms with Gasteiger partial charge < -0.3 is 14.7 Å². The molecular formula is C13H16FNO3. The number of nitrogens with zero attached hydrogens (tertiary/aromatic N) is 1. The SMILES string of the molecule is CC(Oc1ccc(F)cc1)C(=O)N1CC(CO)C1. The van der Waals surface area contributed by atoms with Gasteiger partial charge in [0.05, 0.1) is 0 Å². The highest BCUT2D eigenvalue weighted by molar-refractivity contribution is 5.81. The van der Waals surface area contributed by atoms with E-state index in [2.05, 4.69) is 0 Å². The van der Waals surface area contributed by atoms with Crippen molar-refractivity contribution in [1.29, 1.82) is 0 Å². The van der Waals surface area contributed by atoms with Crippen molar-refractivity contribution in [3.8, 4) is 5.75 Å². The first kappa shape index (κ1) is 12.8. The zero-order chi connectivity index (χ0) is 13.1. The fourth-order valence-electron chi connectivity index (χ4n) is 1.89. The first-order valence-electron chi connectivity index (χ1n) is 5.92. The van der Waals surface area contributed by atoms with Crippen LogP contribution in [0.3, 0.4) is 0 Å². The third-order valence-corrected chi connectivity index (χ3v) is 3.00. The minimum Gasteiger partial charge on any atom is -0.481 e. The summed E-state index contributed by atoms with van der Waals surface area (Å²) in [6.07, 6.45) is -0.602. The summed E-state index contributed by atoms with van der Waals surface area (Å²) in [4.78, 5) is 13.6. The average molecular weight is 253 g/mol. The number of rotatable bonds is 4. The van der Waals surface area contributed by atoms with Crippen LogP contribution >= 0.6 is 0 Å². The number of ether oxygens (including phenoxy) is 1. The van der Waals surface area contributed by atoms with Crippen LogP contribution < -0.4 is 4.74 Å². The van der Waals surface area contributed by atoms with Gasteiger partial charge in [0, 0.05) is 25.6 Å². The lowest BCUT2D eigenvalue weighted by atomic mass is 10.0. The van der Waals surface area contributed by atoms with Crippen molar-refractivity contribution in [1.82, 2.24) is 4.90 Å². The monoisotopic (exact) mass is 253 g/mol. The normalized spacial score (nSPS) is 17.2. The Kier molecular flexibility index (Phi) is 3.81. The number of aliphatic hydroxyl groups excluding tert-OH is 1. The molecule has 1 aromatic carbocycles. The Morgan fingerprint density at radius 3 is 2.67 bits per heavy atom. The number of likely N-dealkylation sites (tertiary alicyclic amines) is 1. The van der Waals surface area contributed by atoms with E-state index < -0.39 is 6.10 Å². The molecule has 0 bridgehead atoms. The molecule has 0 saturated carbocycles. The van der Waals surface area contributed by atoms with Gasteiger partial charge in [0.2, 0.25) is 0 Å². The second-order valence-electron chi connectivity index (χ2n) is 4.51. The Bertz CT molecular complexity index is 415. The smallest absolute Gasteiger partial charge is 0.263 e. The number of benzene rings is 1. The number of halogens is 1. The number of hydrogen-bond acceptors (Lipinski definition) is 3. The van der Waals surface area contributed by atoms with Gasteiger partial charge in [-0.25, -0.2) is 4.39 Å². The molecule has 1 unspecified atom stereocenters. The van der Waals surface area contributed by atoms with Crippen molar-refractivity contribution >= 4 is 5.91 Å². The van der Waals surface area contributed by atoms with Crippen molar-refractivity contribution in [2.75, 3.05) is 19.7 Å². The molecule has 1 saturated heterocycles. The van der Waals surface area contributed by atoms with Crippen LogP contribution in [0.4, 0.5) is 4.39 Å². The third-order valence-electron chi connectivity index (χ3n) is 3.00. The fourth-order valence-corrected chi connectivity index (χ4v) is 1.89. The second-order valence-corrected chi connectivity index (χ2v) is 4.51. The van der Waals surface area contributed by atoms with E-state index in [1.807, 2.05) is 0 Å². The molecule has 5 heteroatoms. The lowest BCUT2D eigenvalue weighted by molar-refractivity contribution is -0.145. The zero-order valence-electron chi connectivity index (χ0n) is 10.2. The predicted octanol–water partition coefficient (Wildman–Crippen LogP) is 1.04. The summed E-state index contributed by atoms with van der Waals surface area (Å²) in [5.74, 6) is 0.210. The molecule has 1 aliphatic rings. The first-order valence-corrected chi connectivity index (χ1v) is 5.92. The lowest BCUT2D eigenvalue weighted by Gasteiger charge is -2.39. The predicted molar refractivity (Wildman–Crippen MR) is 63.6 cm³/mol. The third kappa shape index (κ3) is 2.79. The quantitative estimate of drug-likeness (QED) is 0.872. The highest BCUT2D eigenvalue weighted by Crippen LogP contribution is 2.18. The molecule has 0 aliphatic carbocycles. The van der Waals surface area contributed by atoms with Gasteiger partial charge in [-0.3, -0.25) is 4.79 Å². The maximum atomic E-state index is 12.7. The lowest BCUT2D eigenvalue weighted by Crippen LogP contribution is -2.54. The molecular weight excluding hydrogens is 237 g/mol. The molecule has 4 nitrogen and oxygen atoms in total. The molecule has 1 fully saturated rings. The van der Waals surface area contributed by atoms with Gasteiger partial charge in [-0.15, -0.1) is 0 Å². The van der Waals surface area contributed by atoms with Crippen LogP contribution in [-0.4, -0.2) is 41.7 Å². The Labute approximate surface area is 105 Å². The minimum atomic E-state index is -0.602. The number of carbonyl (C=O) groups excluding carboxylic acids is 1. The van der Waals surface area contributed by atoms with E-state index in [1.54, 1.807) is 11.8 Å². The number of amides is 1. The Morgan fingerprint density at radius 2 is 2.11 bits per heavy atom. The van der Waals surface area contributed by atoms with Crippen LogP contribution in [0.15, 0.2) is 24.3 Å². The largest absolute Gasteiger partial charge is 0.481 e. The standard InChI is InChI=1S/C13H16FNO3/c1-9(13(17)15-6-10(7-15)8-16)18-12-4-2-11(14)3-5-12/h2-5,9-10,16H,6-8H2,1H3. The van der Waals surface area contributed by atoms with Crippen LogP contribution in [0, 0.1) is 11.7 Å². The molecule has 98 valence electrons. The molecule has 1 aromatic rings. The van der Waals surface area contributed by atoms with Crippen molar-refractivity contribution in [3.63, 3.8) is 0 Å². The van der Waals surface area contributed by atoms with E-state index in [0.29, 0.717) is 18.8 Å². The summed E-state index contributed by atoms with van der Waals surface area (Å²) in [6, 6.07) is 5.56. The van der Waals surface area contributed by atoms with Crippen LogP contribution in [0.1, 0.15) is 6.92 Å². The van der Waals surface area contributed by atoms with Gasteiger partial charge in [0.25, 0.3) is 5.91 Å². The van der Waals surface area contributed by atoms with Crippen molar-refractivity contribution in [2.24, 2.45) is 5.92 Å². The number of aliphatic hydroxyl groups is 1. The maximum absolute atomic E-state index is 12.7. The molecule has 1 aliphatic heterocycles. The summed E-state index contributed by atoms with van der Waals surface area (Å²) in [5.41, 5.74) is 0. The van der Waals surface area contributed by atoms with Gasteiger partial charge >= 0.3 is 0 Å². The topological polar surface area (TPSA) is 49.8 Å². The summed E-state index contributed by atoms with van der Waals surface area (Å²) in [6.45, 7) is 2.92. The summed E-state index contributed by atoms with van der Waals surface area (Å²) in [5, 5.41) is 8.88. The molecule has 1 N–H and O–H groups in total. The molecule has 2 rings (SSSR count). The molecule has 1 heterocycles. The Balaban J connectivity index is 1.86. The molecule has 0 spiro atoms. The Hall–Kier alpha value is -1.62. The Morgan fingerprint density at radius 1 is 1.50 bits per heavy atom. The van der Waals surface area contributed by atoms with E-state index in [1.165, 1.54) is 24.3 Å². The van der Waals surface area contributed by atoms with E-state index >= 15 is 0 Å². The van der Waals surface area contributed by atoms with Crippen LogP contribution in [-0.2, 0) is 4.79 Å². The summed E-state index contributed by atoms with van der Waals surface area (Å²) < 4.78 is 18.1. The van der Waals surface area contributed by atoms with Crippen molar-refractivity contribution in [3.05, 3.63) is 30.1 Å². The second kappa shape index (κ2) is 5.35. The number of carbonyl (C=O) groups is 1. The fraction of sp³-hybridized carbons (Fsp3) is 0.462. The summed E-state index contributed by atoms with van der Waals surface area (Å²) in [7, 11) is 0. The molecule has 1 amide bonds. The maximum Gasteiger partial charge on any atom is 0.263 e. The zero-order valence-corrected chi connectivity index (χ0v) is 10.2. The summed E-state index contributed by atoms with van der Waals surface area (Å²) >= 11 is 0. The molecule has 0 radical (unpaired) electrons. The highest BCUT2D eigenvalue weighted by Gasteiger charge is 2.33. The van der Waals surface area contributed by atoms with E-state index in [4.69, 9.17) is 9.84 Å². The molecule has 18 heavy (non-hydrogen) atoms. The van der Waals surface area contributed by atoms with Crippen molar-refractivity contribution < 1.29 is 19.0 Å². The molecule has 1 atom stereocenters. The van der Waals surface area contributed by atoms with Crippen LogP contribution in [0.5, 0.6) is 5.75 Å². The average Bonchev–Trinajstić information content (AvgIpc) is 2.30.